The monoisotopic (exact) mass is 2060 g/mol. The van der Waals surface area contributed by atoms with Crippen LogP contribution in [-0.4, -0.2) is 139 Å². The molecule has 0 saturated carbocycles. The Labute approximate surface area is 875 Å². The van der Waals surface area contributed by atoms with Crippen molar-refractivity contribution in [3.8, 4) is 23.0 Å². The quantitative estimate of drug-likeness (QED) is 0.00492. The zero-order valence-electron chi connectivity index (χ0n) is 75.3. The van der Waals surface area contributed by atoms with E-state index in [-0.39, 0.29) is 263 Å². The Morgan fingerprint density at radius 3 is 1.29 bits per heavy atom. The molecule has 0 saturated heterocycles. The summed E-state index contributed by atoms with van der Waals surface area (Å²) in [5.41, 5.74) is 14.9. The van der Waals surface area contributed by atoms with Gasteiger partial charge in [-0.3, -0.25) is 82.4 Å². The van der Waals surface area contributed by atoms with Crippen LogP contribution in [0.5, 0.6) is 23.0 Å². The summed E-state index contributed by atoms with van der Waals surface area (Å²) in [4.78, 5) is 170. The number of methoxy groups -OCH3 is 2. The number of anilines is 5. The number of phenolic OH excluding ortho intramolecular Hbond substituents is 1. The van der Waals surface area contributed by atoms with E-state index in [1.165, 1.54) is 26.7 Å². The molecule has 0 aromatic heterocycles. The van der Waals surface area contributed by atoms with Gasteiger partial charge < -0.3 is 85.7 Å². The van der Waals surface area contributed by atoms with Crippen LogP contribution in [0.4, 0.5) is 45.5 Å². The third kappa shape index (κ3) is 27.9. The maximum Gasteiger partial charge on any atom is 1.00 e. The Bertz CT molecular complexity index is 5630. The van der Waals surface area contributed by atoms with Gasteiger partial charge in [-0.2, -0.15) is 0 Å². The first-order chi connectivity index (χ1) is 61.0. The van der Waals surface area contributed by atoms with E-state index in [1.54, 1.807) is 110 Å². The van der Waals surface area contributed by atoms with E-state index in [2.05, 4.69) is 67.7 Å². The number of rotatable bonds is 32. The molecule has 29 nitrogen and oxygen atoms in total. The van der Waals surface area contributed by atoms with Crippen LogP contribution in [0.2, 0.25) is 0 Å². The average molecular weight is 2060 g/mol. The van der Waals surface area contributed by atoms with Gasteiger partial charge in [-0.15, -0.1) is 0 Å². The van der Waals surface area contributed by atoms with Gasteiger partial charge in [-0.1, -0.05) is 106 Å². The van der Waals surface area contributed by atoms with Crippen molar-refractivity contribution in [3.63, 3.8) is 0 Å². The van der Waals surface area contributed by atoms with Crippen molar-refractivity contribution >= 4 is 167 Å². The van der Waals surface area contributed by atoms with Crippen LogP contribution in [0, 0.1) is 25.7 Å². The number of hydrogen-bond acceptors (Lipinski definition) is 22. The number of ketones is 3. The zero-order valence-corrected chi connectivity index (χ0v) is 85.9. The summed E-state index contributed by atoms with van der Waals surface area (Å²) in [7, 11) is 2.81. The topological polar surface area (TPSA) is 389 Å². The van der Waals surface area contributed by atoms with Gasteiger partial charge in [0.05, 0.1) is 78.2 Å². The molecular weight excluding hydrogens is 1960 g/mol. The molecule has 7 atom stereocenters. The predicted molar refractivity (Wildman–Crippen MR) is 488 cm³/mol. The number of halogens is 3. The van der Waals surface area contributed by atoms with Gasteiger partial charge in [-0.25, -0.2) is 0 Å². The number of aromatic hydroxyl groups is 1. The van der Waals surface area contributed by atoms with Crippen molar-refractivity contribution in [3.05, 3.63) is 212 Å². The molecule has 0 radical (unpaired) electrons. The summed E-state index contributed by atoms with van der Waals surface area (Å²) in [6.45, 7) is 11.6. The number of carbonyl (C=O) groups excluding carboxylic acids is 12. The van der Waals surface area contributed by atoms with E-state index in [9.17, 15) is 57.8 Å². The number of hydrogen-bond donors (Lipinski definition) is 5. The number of nitrogens with zero attached hydrogens (tertiary/aromatic N) is 6. The molecule has 14 rings (SSSR count). The van der Waals surface area contributed by atoms with E-state index >= 15 is 0 Å². The number of amides is 7. The minimum absolute atomic E-state index is 0. The van der Waals surface area contributed by atoms with Crippen molar-refractivity contribution in [1.82, 2.24) is 10.6 Å². The number of fused-ring (bicyclic) bond motifs is 12. The molecule has 0 unspecified atom stereocenters. The van der Waals surface area contributed by atoms with Gasteiger partial charge in [0.15, 0.2) is 23.1 Å². The number of nitrogens with one attached hydrogen (secondary N) is 4. The van der Waals surface area contributed by atoms with E-state index in [4.69, 9.17) is 34.2 Å². The number of alkyl halides is 2. The first-order valence-electron chi connectivity index (χ1n) is 41.8. The number of ether oxygens (including phenoxy) is 4. The van der Waals surface area contributed by atoms with Gasteiger partial charge in [0.2, 0.25) is 23.6 Å². The van der Waals surface area contributed by atoms with Crippen LogP contribution < -0.4 is 182 Å². The summed E-state index contributed by atoms with van der Waals surface area (Å²) in [6, 6.07) is 43.2. The summed E-state index contributed by atoms with van der Waals surface area (Å²) in [5.74, 6) is -2.21. The number of Topliss-reactive ketones (excluding diaryl/α,β-unsaturated/α-hetero) is 3. The minimum Gasteiger partial charge on any atom is -1.00 e. The van der Waals surface area contributed by atoms with Gasteiger partial charge in [0, 0.05) is 146 Å². The van der Waals surface area contributed by atoms with Crippen LogP contribution >= 0.6 is 31.9 Å². The molecule has 8 aromatic carbocycles. The predicted octanol–water partition coefficient (Wildman–Crippen LogP) is 5.72. The van der Waals surface area contributed by atoms with Crippen LogP contribution in [0.1, 0.15) is 181 Å². The van der Waals surface area contributed by atoms with Gasteiger partial charge in [0.25, 0.3) is 24.2 Å². The molecule has 6 heterocycles. The molecule has 0 fully saturated rings. The van der Waals surface area contributed by atoms with Crippen molar-refractivity contribution in [2.45, 2.75) is 186 Å². The number of carbonyl (C=O) groups is 12. The SMILES string of the molecule is CC(=O)CCCCC(=O)N[C@@H](C)C(=O)C[C@@H](C)C(=O)Nc1cc(CBr)cc(CBr)c1.COC(=O)CCCCC(=O)N[C@@H](C)C(=O)C[C@@H](C)C(=O)Nc1cc(COc2cc3c(cc2C)C(=O)N2c4ccccc4C[C@H]2C=N3)cc(COc2cc3c(cc2OC)C(=O)N2c4ccccc4C[C@H]2C=N3)c1.Cc1cc2c(cc1O)N=C[C@@H]1Cc3ccccc3N1C2=O.O=CO[O-].[H-].[I-].[K+].[K+]. The number of unbranched alkanes of at least 4 members (excludes halogenated alkanes) is 2. The third-order valence-corrected chi connectivity index (χ3v) is 23.6. The second-order valence-corrected chi connectivity index (χ2v) is 33.0. The largest absolute Gasteiger partial charge is 1.00 e. The standard InChI is InChI=1S/C56H56N6O10.C22H30Br2N2O4.C17H14N2O2.CH2O3.HI.2K.H/c1-32-18-42-44(57-28-40-23-37-12-6-8-14-46(37)61(40)55(42)67)26-49(32)71-30-35-20-36(22-39(21-35)60-54(66)33(2)19-48(63)34(3)59-52(64)16-10-11-17-53(65)70-5)31-72-51-27-45-43(25-50(51)69-4)56(68)62-41(29-58-45)24-38-13-7-9-15-47(38)62;1-14(22(30)26-19-10-17(12-23)9-18(11-19)13-24)8-20(28)16(3)25-21(29)7-5-4-6-15(2)27;1-10-6-13-14(8-16(10)20)18-9-12-7-11-4-2-3-5-15(11)19(12)17(13)21;2-1-4-3;;;;/h6-9,12-15,18,20-22,25-29,33-34,40-41H,10-11,16-17,19,23-24,30-31H2,1-5H3,(H,59,64)(H,60,66);9-11,14,16H,4-8,12-13H2,1-3H3,(H,25,29)(H,26,30);2-6,8-9,12,20H,7H2,1H3;1,3H;1H;;;/q;;;;;2*+1;-1/p-2/t33-,34+,40+,41+;14-,16+;12-;;;;;/m110...../s1. The fraction of sp³-hybridized carbons (Fsp3) is 0.344. The molecule has 7 amide bonds. The Kier molecular flexibility index (Phi) is 41.6. The van der Waals surface area contributed by atoms with Crippen molar-refractivity contribution in [1.29, 1.82) is 0 Å². The Morgan fingerprint density at radius 1 is 0.515 bits per heavy atom. The molecule has 8 aromatic rings. The molecule has 6 aliphatic heterocycles. The molecule has 34 heteroatoms. The first-order valence-corrected chi connectivity index (χ1v) is 44.0. The summed E-state index contributed by atoms with van der Waals surface area (Å²) in [6.07, 6.45) is 10.7. The second-order valence-electron chi connectivity index (χ2n) is 31.9. The first kappa shape index (κ1) is 106. The second kappa shape index (κ2) is 50.8. The molecule has 0 aliphatic carbocycles. The van der Waals surface area contributed by atoms with Crippen LogP contribution in [0.25, 0.3) is 0 Å². The Balaban J connectivity index is 0.000000324. The van der Waals surface area contributed by atoms with Crippen LogP contribution in [0.15, 0.2) is 161 Å². The number of aliphatic imine (C=N–C) groups is 3. The van der Waals surface area contributed by atoms with Crippen molar-refractivity contribution < 1.29 is 220 Å². The Morgan fingerprint density at radius 2 is 0.885 bits per heavy atom. The fourth-order valence-corrected chi connectivity index (χ4v) is 16.2. The summed E-state index contributed by atoms with van der Waals surface area (Å²) < 4.78 is 23.3. The van der Waals surface area contributed by atoms with Gasteiger partial charge in [0.1, 0.15) is 30.5 Å². The maximum absolute atomic E-state index is 14.1. The molecule has 674 valence electrons. The maximum atomic E-state index is 14.1. The average Bonchev–Trinajstić information content (AvgIpc) is 1.62. The molecule has 6 aliphatic rings. The molecule has 5 N–H and O–H groups in total. The number of phenols is 1. The van der Waals surface area contributed by atoms with Crippen LogP contribution in [0.3, 0.4) is 0 Å². The normalized spacial score (nSPS) is 15.4. The number of para-hydroxylation sites is 3. The number of aryl methyl sites for hydroxylation is 2. The van der Waals surface area contributed by atoms with Crippen molar-refractivity contribution in [2.75, 3.05) is 39.6 Å². The Hall–Kier alpha value is -8.87. The zero-order chi connectivity index (χ0) is 91.3. The molecule has 130 heavy (non-hydrogen) atoms. The minimum atomic E-state index is -0.825. The third-order valence-electron chi connectivity index (χ3n) is 22.3. The number of esters is 1. The molecule has 0 bridgehead atoms. The van der Waals surface area contributed by atoms with E-state index in [1.807, 2.05) is 110 Å². The van der Waals surface area contributed by atoms with Gasteiger partial charge >= 0.3 is 109 Å². The van der Waals surface area contributed by atoms with E-state index < -0.39 is 29.8 Å². The van der Waals surface area contributed by atoms with E-state index in [0.29, 0.717) is 135 Å². The van der Waals surface area contributed by atoms with Crippen LogP contribution in [-0.2, 0) is 95.9 Å². The fourth-order valence-electron chi connectivity index (χ4n) is 15.5. The summed E-state index contributed by atoms with van der Waals surface area (Å²) in [5, 5.41) is 30.8. The van der Waals surface area contributed by atoms with Crippen molar-refractivity contribution in [2.24, 2.45) is 26.8 Å². The smallest absolute Gasteiger partial charge is 1.00 e. The van der Waals surface area contributed by atoms with Gasteiger partial charge in [-0.05, 0) is 177 Å². The molecular formula is C96H102Br2IK2N10O19-. The van der Waals surface area contributed by atoms with E-state index in [0.717, 1.165) is 51.3 Å². The summed E-state index contributed by atoms with van der Waals surface area (Å²) >= 11 is 6.84. The number of benzene rings is 8. The molecule has 0 spiro atoms.